The van der Waals surface area contributed by atoms with Gasteiger partial charge in [-0.1, -0.05) is 6.07 Å². The molecule has 2 fully saturated rings. The second-order valence-electron chi connectivity index (χ2n) is 6.44. The lowest BCUT2D eigenvalue weighted by Crippen LogP contribution is -2.43. The summed E-state index contributed by atoms with van der Waals surface area (Å²) >= 11 is 0. The highest BCUT2D eigenvalue weighted by Crippen LogP contribution is 2.25. The second-order valence-corrected chi connectivity index (χ2v) is 6.44. The number of amides is 3. The lowest BCUT2D eigenvalue weighted by atomic mass is 10.2. The van der Waals surface area contributed by atoms with Gasteiger partial charge < -0.3 is 19.4 Å². The fourth-order valence-corrected chi connectivity index (χ4v) is 3.43. The summed E-state index contributed by atoms with van der Waals surface area (Å²) in [6.07, 6.45) is 2.39. The number of carbonyl (C=O) groups is 3. The number of nitrogens with zero attached hydrogens (tertiary/aromatic N) is 2. The summed E-state index contributed by atoms with van der Waals surface area (Å²) in [5.41, 5.74) is 1.22. The molecule has 1 aromatic heterocycles. The minimum absolute atomic E-state index is 0.226. The van der Waals surface area contributed by atoms with Crippen molar-refractivity contribution in [3.05, 3.63) is 48.4 Å². The van der Waals surface area contributed by atoms with E-state index >= 15 is 0 Å². The number of hydrogen-bond acceptors (Lipinski definition) is 5. The first-order chi connectivity index (χ1) is 13.1. The molecule has 2 aromatic rings. The highest BCUT2D eigenvalue weighted by atomic mass is 16.6. The maximum Gasteiger partial charge on any atom is 0.414 e. The summed E-state index contributed by atoms with van der Waals surface area (Å²) in [6, 6.07) is 9.69. The molecule has 140 valence electrons. The number of ether oxygens (including phenoxy) is 1. The lowest BCUT2D eigenvalue weighted by Gasteiger charge is -2.23. The van der Waals surface area contributed by atoms with Gasteiger partial charge in [0, 0.05) is 17.9 Å². The van der Waals surface area contributed by atoms with Crippen LogP contribution in [0.1, 0.15) is 23.4 Å². The molecule has 4 rings (SSSR count). The van der Waals surface area contributed by atoms with Gasteiger partial charge in [-0.2, -0.15) is 0 Å². The summed E-state index contributed by atoms with van der Waals surface area (Å²) in [7, 11) is 0. The number of anilines is 2. The van der Waals surface area contributed by atoms with E-state index in [1.807, 2.05) is 0 Å². The minimum atomic E-state index is -0.553. The van der Waals surface area contributed by atoms with Crippen LogP contribution in [0.15, 0.2) is 47.1 Å². The molecule has 0 unspecified atom stereocenters. The van der Waals surface area contributed by atoms with Crippen molar-refractivity contribution >= 4 is 29.3 Å². The predicted molar refractivity (Wildman–Crippen MR) is 96.5 cm³/mol. The van der Waals surface area contributed by atoms with E-state index in [9.17, 15) is 14.4 Å². The normalized spacial score (nSPS) is 19.3. The molecule has 0 spiro atoms. The quantitative estimate of drug-likeness (QED) is 0.894. The van der Waals surface area contributed by atoms with Crippen LogP contribution in [0.3, 0.4) is 0 Å². The Labute approximate surface area is 155 Å². The van der Waals surface area contributed by atoms with Gasteiger partial charge in [0.25, 0.3) is 5.91 Å². The molecule has 1 aromatic carbocycles. The van der Waals surface area contributed by atoms with E-state index in [0.29, 0.717) is 37.5 Å². The maximum atomic E-state index is 12.8. The monoisotopic (exact) mass is 369 g/mol. The maximum absolute atomic E-state index is 12.8. The van der Waals surface area contributed by atoms with E-state index in [4.69, 9.17) is 9.15 Å². The summed E-state index contributed by atoms with van der Waals surface area (Å²) in [5, 5.41) is 2.85. The van der Waals surface area contributed by atoms with Crippen LogP contribution >= 0.6 is 0 Å². The minimum Gasteiger partial charge on any atom is -0.459 e. The van der Waals surface area contributed by atoms with Gasteiger partial charge in [0.15, 0.2) is 5.76 Å². The molecular formula is C19H19N3O5. The van der Waals surface area contributed by atoms with Gasteiger partial charge in [-0.05, 0) is 43.2 Å². The first kappa shape index (κ1) is 17.1. The summed E-state index contributed by atoms with van der Waals surface area (Å²) < 4.78 is 10.1. The first-order valence-electron chi connectivity index (χ1n) is 8.83. The van der Waals surface area contributed by atoms with E-state index in [2.05, 4.69) is 5.32 Å². The van der Waals surface area contributed by atoms with E-state index in [0.717, 1.165) is 6.42 Å². The van der Waals surface area contributed by atoms with Crippen LogP contribution in [0.5, 0.6) is 0 Å². The van der Waals surface area contributed by atoms with Crippen molar-refractivity contribution in [3.63, 3.8) is 0 Å². The molecule has 0 saturated carbocycles. The van der Waals surface area contributed by atoms with Crippen LogP contribution < -0.4 is 10.2 Å². The molecule has 0 bridgehead atoms. The van der Waals surface area contributed by atoms with Crippen molar-refractivity contribution in [1.82, 2.24) is 4.90 Å². The molecule has 0 aliphatic carbocycles. The summed E-state index contributed by atoms with van der Waals surface area (Å²) in [4.78, 5) is 40.0. The standard InChI is InChI=1S/C19H19N3O5/c23-17(15-6-2-8-22(15)18(24)16-7-3-10-26-16)20-13-4-1-5-14(12-13)21-9-11-27-19(21)25/h1,3-5,7,10,12,15H,2,6,8-9,11H2,(H,20,23)/t15-/m0/s1. The van der Waals surface area contributed by atoms with Gasteiger partial charge in [-0.15, -0.1) is 0 Å². The Hall–Kier alpha value is -3.29. The molecule has 2 saturated heterocycles. The number of nitrogens with one attached hydrogen (secondary N) is 1. The number of benzene rings is 1. The highest BCUT2D eigenvalue weighted by Gasteiger charge is 2.35. The van der Waals surface area contributed by atoms with Crippen LogP contribution in [-0.4, -0.2) is 48.5 Å². The zero-order chi connectivity index (χ0) is 18.8. The van der Waals surface area contributed by atoms with Crippen molar-refractivity contribution in [2.24, 2.45) is 0 Å². The smallest absolute Gasteiger partial charge is 0.414 e. The Morgan fingerprint density at radius 3 is 2.78 bits per heavy atom. The Kier molecular flexibility index (Phi) is 4.53. The number of furan rings is 1. The fourth-order valence-electron chi connectivity index (χ4n) is 3.43. The second kappa shape index (κ2) is 7.14. The topological polar surface area (TPSA) is 92.1 Å². The van der Waals surface area contributed by atoms with Crippen LogP contribution in [0.4, 0.5) is 16.2 Å². The third-order valence-electron chi connectivity index (χ3n) is 4.73. The summed E-state index contributed by atoms with van der Waals surface area (Å²) in [6.45, 7) is 1.34. The molecule has 8 heteroatoms. The predicted octanol–water partition coefficient (Wildman–Crippen LogP) is 2.48. The molecule has 27 heavy (non-hydrogen) atoms. The fraction of sp³-hybridized carbons (Fsp3) is 0.316. The van der Waals surface area contributed by atoms with E-state index < -0.39 is 12.1 Å². The van der Waals surface area contributed by atoms with E-state index in [1.165, 1.54) is 16.1 Å². The van der Waals surface area contributed by atoms with Gasteiger partial charge in [-0.3, -0.25) is 14.5 Å². The van der Waals surface area contributed by atoms with Crippen LogP contribution in [0, 0.1) is 0 Å². The zero-order valence-corrected chi connectivity index (χ0v) is 14.6. The molecule has 1 atom stereocenters. The highest BCUT2D eigenvalue weighted by molar-refractivity contribution is 6.01. The first-order valence-corrected chi connectivity index (χ1v) is 8.83. The summed E-state index contributed by atoms with van der Waals surface area (Å²) in [5.74, 6) is -0.316. The molecule has 2 aliphatic rings. The Balaban J connectivity index is 1.47. The molecule has 8 nitrogen and oxygen atoms in total. The van der Waals surface area contributed by atoms with Crippen LogP contribution in [0.25, 0.3) is 0 Å². The van der Waals surface area contributed by atoms with Crippen molar-refractivity contribution in [3.8, 4) is 0 Å². The van der Waals surface area contributed by atoms with Gasteiger partial charge >= 0.3 is 6.09 Å². The van der Waals surface area contributed by atoms with Crippen molar-refractivity contribution in [1.29, 1.82) is 0 Å². The molecule has 1 N–H and O–H groups in total. The molecule has 3 amide bonds. The van der Waals surface area contributed by atoms with E-state index in [1.54, 1.807) is 36.4 Å². The number of rotatable bonds is 4. The third-order valence-corrected chi connectivity index (χ3v) is 4.73. The zero-order valence-electron chi connectivity index (χ0n) is 14.6. The van der Waals surface area contributed by atoms with Gasteiger partial charge in [0.2, 0.25) is 5.91 Å². The Morgan fingerprint density at radius 2 is 2.04 bits per heavy atom. The van der Waals surface area contributed by atoms with Crippen LogP contribution in [-0.2, 0) is 9.53 Å². The number of hydrogen-bond donors (Lipinski definition) is 1. The molecule has 3 heterocycles. The Morgan fingerprint density at radius 1 is 1.15 bits per heavy atom. The largest absolute Gasteiger partial charge is 0.459 e. The lowest BCUT2D eigenvalue weighted by molar-refractivity contribution is -0.119. The molecule has 2 aliphatic heterocycles. The Bertz CT molecular complexity index is 864. The van der Waals surface area contributed by atoms with Crippen molar-refractivity contribution < 1.29 is 23.5 Å². The SMILES string of the molecule is O=C(Nc1cccc(N2CCOC2=O)c1)[C@@H]1CCCN1C(=O)c1ccco1. The van der Waals surface area contributed by atoms with Gasteiger partial charge in [0.05, 0.1) is 12.8 Å². The average molecular weight is 369 g/mol. The number of carbonyl (C=O) groups excluding carboxylic acids is 3. The third kappa shape index (κ3) is 3.38. The number of cyclic esters (lactones) is 1. The molecule has 0 radical (unpaired) electrons. The number of likely N-dealkylation sites (tertiary alicyclic amines) is 1. The van der Waals surface area contributed by atoms with Gasteiger partial charge in [0.1, 0.15) is 12.6 Å². The van der Waals surface area contributed by atoms with Crippen molar-refractivity contribution in [2.75, 3.05) is 29.9 Å². The van der Waals surface area contributed by atoms with E-state index in [-0.39, 0.29) is 17.6 Å². The van der Waals surface area contributed by atoms with Gasteiger partial charge in [-0.25, -0.2) is 4.79 Å². The van der Waals surface area contributed by atoms with Crippen LogP contribution in [0.2, 0.25) is 0 Å². The van der Waals surface area contributed by atoms with Crippen molar-refractivity contribution in [2.45, 2.75) is 18.9 Å². The molecular weight excluding hydrogens is 350 g/mol. The average Bonchev–Trinajstić information content (AvgIpc) is 3.42.